The highest BCUT2D eigenvalue weighted by Gasteiger charge is 2.43. The number of carbonyl (C=O) groups excluding carboxylic acids is 3. The SMILES string of the molecule is CCSCC(=O)O[C@@H]1CC(C(=O)OC)N(C(=O)OC(C)(C)C)C1. The van der Waals surface area contributed by atoms with Crippen molar-refractivity contribution in [3.05, 3.63) is 0 Å². The first-order valence-electron chi connectivity index (χ1n) is 7.52. The number of rotatable bonds is 5. The number of hydrogen-bond donors (Lipinski definition) is 0. The minimum atomic E-state index is -0.800. The summed E-state index contributed by atoms with van der Waals surface area (Å²) in [6.07, 6.45) is -0.931. The van der Waals surface area contributed by atoms with Crippen molar-refractivity contribution in [1.82, 2.24) is 4.90 Å². The maximum atomic E-state index is 12.2. The smallest absolute Gasteiger partial charge is 0.411 e. The van der Waals surface area contributed by atoms with Gasteiger partial charge in [-0.25, -0.2) is 9.59 Å². The first-order chi connectivity index (χ1) is 10.7. The van der Waals surface area contributed by atoms with E-state index in [9.17, 15) is 14.4 Å². The van der Waals surface area contributed by atoms with E-state index < -0.39 is 29.8 Å². The maximum absolute atomic E-state index is 12.2. The van der Waals surface area contributed by atoms with Crippen LogP contribution in [-0.2, 0) is 23.8 Å². The zero-order valence-electron chi connectivity index (χ0n) is 14.3. The number of likely N-dealkylation sites (tertiary alicyclic amines) is 1. The number of amides is 1. The molecule has 2 atom stereocenters. The molecule has 0 bridgehead atoms. The summed E-state index contributed by atoms with van der Waals surface area (Å²) >= 11 is 1.45. The van der Waals surface area contributed by atoms with E-state index in [-0.39, 0.29) is 24.7 Å². The molecule has 8 heteroatoms. The fourth-order valence-electron chi connectivity index (χ4n) is 2.17. The van der Waals surface area contributed by atoms with Gasteiger partial charge in [-0.1, -0.05) is 6.92 Å². The summed E-state index contributed by atoms with van der Waals surface area (Å²) in [5.41, 5.74) is -0.676. The van der Waals surface area contributed by atoms with Crippen molar-refractivity contribution < 1.29 is 28.6 Å². The second kappa shape index (κ2) is 8.42. The summed E-state index contributed by atoms with van der Waals surface area (Å²) in [4.78, 5) is 37.1. The van der Waals surface area contributed by atoms with Gasteiger partial charge in [0.15, 0.2) is 0 Å². The van der Waals surface area contributed by atoms with Crippen molar-refractivity contribution in [3.63, 3.8) is 0 Å². The Hall–Kier alpha value is -1.44. The summed E-state index contributed by atoms with van der Waals surface area (Å²) in [6, 6.07) is -0.800. The van der Waals surface area contributed by atoms with Crippen molar-refractivity contribution in [2.24, 2.45) is 0 Å². The number of carbonyl (C=O) groups is 3. The molecule has 1 aliphatic heterocycles. The molecule has 0 aromatic carbocycles. The number of thioether (sulfide) groups is 1. The molecule has 0 aromatic heterocycles. The number of ether oxygens (including phenoxy) is 3. The molecule has 1 unspecified atom stereocenters. The molecular formula is C15H25NO6S. The Balaban J connectivity index is 2.73. The lowest BCUT2D eigenvalue weighted by atomic mass is 10.2. The molecule has 1 fully saturated rings. The van der Waals surface area contributed by atoms with E-state index in [0.29, 0.717) is 0 Å². The molecule has 7 nitrogen and oxygen atoms in total. The van der Waals surface area contributed by atoms with Crippen molar-refractivity contribution >= 4 is 29.8 Å². The molecule has 23 heavy (non-hydrogen) atoms. The number of esters is 2. The maximum Gasteiger partial charge on any atom is 0.411 e. The largest absolute Gasteiger partial charge is 0.467 e. The van der Waals surface area contributed by atoms with Crippen LogP contribution < -0.4 is 0 Å². The molecule has 1 saturated heterocycles. The van der Waals surface area contributed by atoms with E-state index in [1.165, 1.54) is 23.8 Å². The lowest BCUT2D eigenvalue weighted by Gasteiger charge is -2.27. The van der Waals surface area contributed by atoms with E-state index >= 15 is 0 Å². The van der Waals surface area contributed by atoms with Crippen molar-refractivity contribution in [1.29, 1.82) is 0 Å². The van der Waals surface area contributed by atoms with Crippen molar-refractivity contribution in [3.8, 4) is 0 Å². The van der Waals surface area contributed by atoms with Crippen LogP contribution in [0.1, 0.15) is 34.1 Å². The first-order valence-corrected chi connectivity index (χ1v) is 8.68. The van der Waals surface area contributed by atoms with E-state index in [0.717, 1.165) is 5.75 Å². The van der Waals surface area contributed by atoms with Crippen molar-refractivity contribution in [2.75, 3.05) is 25.2 Å². The van der Waals surface area contributed by atoms with Gasteiger partial charge in [0.1, 0.15) is 17.7 Å². The van der Waals surface area contributed by atoms with Gasteiger partial charge in [-0.05, 0) is 26.5 Å². The Morgan fingerprint density at radius 3 is 2.43 bits per heavy atom. The topological polar surface area (TPSA) is 82.1 Å². The minimum Gasteiger partial charge on any atom is -0.467 e. The zero-order valence-corrected chi connectivity index (χ0v) is 15.1. The number of hydrogen-bond acceptors (Lipinski definition) is 7. The molecule has 0 spiro atoms. The predicted molar refractivity (Wildman–Crippen MR) is 86.2 cm³/mol. The monoisotopic (exact) mass is 347 g/mol. The molecule has 0 radical (unpaired) electrons. The van der Waals surface area contributed by atoms with Crippen LogP contribution in [0.15, 0.2) is 0 Å². The molecule has 1 aliphatic rings. The lowest BCUT2D eigenvalue weighted by Crippen LogP contribution is -2.44. The van der Waals surface area contributed by atoms with Gasteiger partial charge in [0.2, 0.25) is 0 Å². The highest BCUT2D eigenvalue weighted by atomic mass is 32.2. The Morgan fingerprint density at radius 2 is 1.91 bits per heavy atom. The third kappa shape index (κ3) is 6.29. The van der Waals surface area contributed by atoms with Crippen LogP contribution >= 0.6 is 11.8 Å². The fraction of sp³-hybridized carbons (Fsp3) is 0.800. The standard InChI is InChI=1S/C15H25NO6S/c1-6-23-9-12(17)21-10-7-11(13(18)20-5)16(8-10)14(19)22-15(2,3)4/h10-11H,6-9H2,1-5H3/t10-,11?/m1/s1. The fourth-order valence-corrected chi connectivity index (χ4v) is 2.61. The Bertz CT molecular complexity index is 448. The van der Waals surface area contributed by atoms with Crippen LogP contribution in [0.2, 0.25) is 0 Å². The summed E-state index contributed by atoms with van der Waals surface area (Å²) in [5, 5.41) is 0. The van der Waals surface area contributed by atoms with Gasteiger partial charge in [-0.2, -0.15) is 11.8 Å². The van der Waals surface area contributed by atoms with Crippen LogP contribution in [0.25, 0.3) is 0 Å². The Morgan fingerprint density at radius 1 is 1.26 bits per heavy atom. The quantitative estimate of drug-likeness (QED) is 0.554. The van der Waals surface area contributed by atoms with E-state index in [1.807, 2.05) is 6.92 Å². The van der Waals surface area contributed by atoms with Gasteiger partial charge in [-0.15, -0.1) is 0 Å². The normalized spacial score (nSPS) is 21.0. The third-order valence-electron chi connectivity index (χ3n) is 3.09. The summed E-state index contributed by atoms with van der Waals surface area (Å²) in [5.74, 6) is 0.172. The van der Waals surface area contributed by atoms with Crippen molar-refractivity contribution in [2.45, 2.75) is 51.9 Å². The molecule has 132 valence electrons. The number of nitrogens with zero attached hydrogens (tertiary/aromatic N) is 1. The van der Waals surface area contributed by atoms with Gasteiger partial charge in [0.25, 0.3) is 0 Å². The van der Waals surface area contributed by atoms with Gasteiger partial charge in [0.05, 0.1) is 19.4 Å². The molecule has 1 amide bonds. The highest BCUT2D eigenvalue weighted by Crippen LogP contribution is 2.24. The number of methoxy groups -OCH3 is 1. The van der Waals surface area contributed by atoms with Crippen LogP contribution in [0.4, 0.5) is 4.79 Å². The van der Waals surface area contributed by atoms with Crippen LogP contribution in [0, 0.1) is 0 Å². The van der Waals surface area contributed by atoms with Gasteiger partial charge in [-0.3, -0.25) is 9.69 Å². The molecule has 1 heterocycles. The molecular weight excluding hydrogens is 322 g/mol. The molecule has 0 N–H and O–H groups in total. The van der Waals surface area contributed by atoms with E-state index in [2.05, 4.69) is 0 Å². The zero-order chi connectivity index (χ0) is 17.6. The van der Waals surface area contributed by atoms with E-state index in [1.54, 1.807) is 20.8 Å². The van der Waals surface area contributed by atoms with Gasteiger partial charge < -0.3 is 14.2 Å². The summed E-state index contributed by atoms with van der Waals surface area (Å²) < 4.78 is 15.4. The highest BCUT2D eigenvalue weighted by molar-refractivity contribution is 7.99. The Kier molecular flexibility index (Phi) is 7.18. The lowest BCUT2D eigenvalue weighted by molar-refractivity contribution is -0.147. The minimum absolute atomic E-state index is 0.122. The van der Waals surface area contributed by atoms with Gasteiger partial charge in [0, 0.05) is 6.42 Å². The van der Waals surface area contributed by atoms with Crippen LogP contribution in [0.3, 0.4) is 0 Å². The van der Waals surface area contributed by atoms with Gasteiger partial charge >= 0.3 is 18.0 Å². The molecule has 1 rings (SSSR count). The second-order valence-corrected chi connectivity index (χ2v) is 7.43. The summed E-state index contributed by atoms with van der Waals surface area (Å²) in [6.45, 7) is 7.30. The predicted octanol–water partition coefficient (Wildman–Crippen LogP) is 1.83. The van der Waals surface area contributed by atoms with Crippen LogP contribution in [0.5, 0.6) is 0 Å². The average molecular weight is 347 g/mol. The second-order valence-electron chi connectivity index (χ2n) is 6.16. The molecule has 0 saturated carbocycles. The Labute approximate surface area is 141 Å². The first kappa shape index (κ1) is 19.6. The average Bonchev–Trinajstić information content (AvgIpc) is 2.86. The van der Waals surface area contributed by atoms with E-state index in [4.69, 9.17) is 14.2 Å². The third-order valence-corrected chi connectivity index (χ3v) is 3.93. The summed E-state index contributed by atoms with van der Waals surface area (Å²) in [7, 11) is 1.26. The molecule has 0 aromatic rings. The van der Waals surface area contributed by atoms with Crippen LogP contribution in [-0.4, -0.2) is 65.8 Å². The molecule has 0 aliphatic carbocycles.